The number of methoxy groups -OCH3 is 1. The number of thiophene rings is 1. The minimum atomic E-state index is -0.498. The Labute approximate surface area is 156 Å². The first kappa shape index (κ1) is 17.6. The van der Waals surface area contributed by atoms with E-state index < -0.39 is 11.9 Å². The highest BCUT2D eigenvalue weighted by Crippen LogP contribution is 2.32. The number of hydrogen-bond acceptors (Lipinski definition) is 5. The van der Waals surface area contributed by atoms with Crippen molar-refractivity contribution in [2.75, 3.05) is 23.9 Å². The van der Waals surface area contributed by atoms with Gasteiger partial charge in [-0.2, -0.15) is 0 Å². The first-order valence-corrected chi connectivity index (χ1v) is 9.20. The van der Waals surface area contributed by atoms with Gasteiger partial charge in [-0.3, -0.25) is 9.59 Å². The number of ether oxygens (including phenoxy) is 1. The summed E-state index contributed by atoms with van der Waals surface area (Å²) >= 11 is 4.62. The molecule has 1 fully saturated rings. The minimum absolute atomic E-state index is 0.106. The van der Waals surface area contributed by atoms with Crippen molar-refractivity contribution < 1.29 is 19.1 Å². The molecule has 2 aromatic rings. The molecule has 0 unspecified atom stereocenters. The van der Waals surface area contributed by atoms with Gasteiger partial charge in [-0.25, -0.2) is 4.79 Å². The highest BCUT2D eigenvalue weighted by atomic mass is 79.9. The summed E-state index contributed by atoms with van der Waals surface area (Å²) in [7, 11) is 1.29. The predicted octanol–water partition coefficient (Wildman–Crippen LogP) is 3.29. The van der Waals surface area contributed by atoms with Crippen molar-refractivity contribution in [3.05, 3.63) is 45.1 Å². The highest BCUT2D eigenvalue weighted by molar-refractivity contribution is 9.10. The van der Waals surface area contributed by atoms with Gasteiger partial charge >= 0.3 is 5.97 Å². The summed E-state index contributed by atoms with van der Waals surface area (Å²) in [6, 6.07) is 9.04. The number of anilines is 2. The quantitative estimate of drug-likeness (QED) is 0.766. The van der Waals surface area contributed by atoms with Crippen LogP contribution in [-0.2, 0) is 14.3 Å². The number of hydrogen-bond donors (Lipinski definition) is 1. The molecule has 0 bridgehead atoms. The predicted molar refractivity (Wildman–Crippen MR) is 98.9 cm³/mol. The summed E-state index contributed by atoms with van der Waals surface area (Å²) in [6.07, 6.45) is 0.130. The van der Waals surface area contributed by atoms with E-state index in [2.05, 4.69) is 21.2 Å². The molecule has 0 spiro atoms. The molecule has 0 radical (unpaired) electrons. The second-order valence-electron chi connectivity index (χ2n) is 5.50. The maximum atomic E-state index is 12.5. The summed E-state index contributed by atoms with van der Waals surface area (Å²) < 4.78 is 5.50. The van der Waals surface area contributed by atoms with E-state index in [9.17, 15) is 14.4 Å². The van der Waals surface area contributed by atoms with Crippen LogP contribution >= 0.6 is 27.3 Å². The topological polar surface area (TPSA) is 75.7 Å². The van der Waals surface area contributed by atoms with Gasteiger partial charge in [0.1, 0.15) is 4.88 Å². The lowest BCUT2D eigenvalue weighted by Crippen LogP contribution is -2.28. The molecule has 1 aliphatic heterocycles. The number of nitrogens with one attached hydrogen (secondary N) is 1. The van der Waals surface area contributed by atoms with Gasteiger partial charge in [-0.05, 0) is 39.5 Å². The fourth-order valence-corrected chi connectivity index (χ4v) is 3.94. The molecule has 1 atom stereocenters. The van der Waals surface area contributed by atoms with Crippen LogP contribution in [0.25, 0.3) is 0 Å². The Morgan fingerprint density at radius 2 is 2.08 bits per heavy atom. The third-order valence-electron chi connectivity index (χ3n) is 3.93. The maximum absolute atomic E-state index is 12.5. The molecular weight excluding hydrogens is 408 g/mol. The molecule has 0 aliphatic carbocycles. The number of amides is 2. The fourth-order valence-electron chi connectivity index (χ4n) is 2.68. The normalized spacial score (nSPS) is 16.8. The zero-order valence-electron chi connectivity index (χ0n) is 13.3. The van der Waals surface area contributed by atoms with Crippen molar-refractivity contribution in [2.24, 2.45) is 5.92 Å². The van der Waals surface area contributed by atoms with Crippen LogP contribution in [-0.4, -0.2) is 31.4 Å². The smallest absolute Gasteiger partial charge is 0.350 e. The molecule has 3 rings (SSSR count). The molecule has 2 amide bonds. The number of benzene rings is 1. The second-order valence-corrected chi connectivity index (χ2v) is 7.27. The Morgan fingerprint density at radius 3 is 2.80 bits per heavy atom. The van der Waals surface area contributed by atoms with Crippen molar-refractivity contribution in [3.63, 3.8) is 0 Å². The van der Waals surface area contributed by atoms with E-state index in [1.54, 1.807) is 16.3 Å². The van der Waals surface area contributed by atoms with E-state index in [4.69, 9.17) is 4.74 Å². The lowest BCUT2D eigenvalue weighted by atomic mass is 10.1. The van der Waals surface area contributed by atoms with Gasteiger partial charge < -0.3 is 15.0 Å². The number of nitrogens with zero attached hydrogens (tertiary/aromatic N) is 1. The first-order valence-electron chi connectivity index (χ1n) is 7.53. The van der Waals surface area contributed by atoms with Crippen molar-refractivity contribution in [1.29, 1.82) is 0 Å². The SMILES string of the molecule is COC(=O)c1sccc1NC(=O)[C@H]1CC(=O)N(c2ccccc2Br)C1. The van der Waals surface area contributed by atoms with E-state index in [-0.39, 0.29) is 18.2 Å². The molecule has 8 heteroatoms. The number of esters is 1. The summed E-state index contributed by atoms with van der Waals surface area (Å²) in [4.78, 5) is 38.5. The molecule has 1 saturated heterocycles. The summed E-state index contributed by atoms with van der Waals surface area (Å²) in [6.45, 7) is 0.297. The largest absolute Gasteiger partial charge is 0.465 e. The van der Waals surface area contributed by atoms with Crippen LogP contribution in [0.2, 0.25) is 0 Å². The van der Waals surface area contributed by atoms with Gasteiger partial charge in [0.25, 0.3) is 0 Å². The Balaban J connectivity index is 1.73. The molecule has 6 nitrogen and oxygen atoms in total. The molecule has 1 aliphatic rings. The van der Waals surface area contributed by atoms with Crippen LogP contribution in [0.15, 0.2) is 40.2 Å². The number of para-hydroxylation sites is 1. The van der Waals surface area contributed by atoms with Gasteiger partial charge in [0, 0.05) is 17.4 Å². The third-order valence-corrected chi connectivity index (χ3v) is 5.50. The van der Waals surface area contributed by atoms with Crippen molar-refractivity contribution in [3.8, 4) is 0 Å². The molecular formula is C17H15BrN2O4S. The minimum Gasteiger partial charge on any atom is -0.465 e. The number of carbonyl (C=O) groups is 3. The van der Waals surface area contributed by atoms with Crippen LogP contribution in [0, 0.1) is 5.92 Å². The third kappa shape index (κ3) is 3.59. The van der Waals surface area contributed by atoms with Gasteiger partial charge in [0.05, 0.1) is 24.4 Å². The standard InChI is InChI=1S/C17H15BrN2O4S/c1-24-17(23)15-12(6-7-25-15)19-16(22)10-8-14(21)20(9-10)13-5-3-2-4-11(13)18/h2-7,10H,8-9H2,1H3,(H,19,22)/t10-/m0/s1. The monoisotopic (exact) mass is 422 g/mol. The summed E-state index contributed by atoms with van der Waals surface area (Å²) in [5.74, 6) is -1.37. The van der Waals surface area contributed by atoms with Gasteiger partial charge in [-0.15, -0.1) is 11.3 Å². The molecule has 2 heterocycles. The average molecular weight is 423 g/mol. The van der Waals surface area contributed by atoms with E-state index in [0.29, 0.717) is 17.1 Å². The fraction of sp³-hybridized carbons (Fsp3) is 0.235. The van der Waals surface area contributed by atoms with Crippen LogP contribution < -0.4 is 10.2 Å². The molecule has 1 aromatic carbocycles. The van der Waals surface area contributed by atoms with Gasteiger partial charge in [0.15, 0.2) is 0 Å². The van der Waals surface area contributed by atoms with Crippen LogP contribution in [0.5, 0.6) is 0 Å². The average Bonchev–Trinajstić information content (AvgIpc) is 3.21. The Hall–Kier alpha value is -2.19. The highest BCUT2D eigenvalue weighted by Gasteiger charge is 2.36. The summed E-state index contributed by atoms with van der Waals surface area (Å²) in [5, 5.41) is 4.44. The Kier molecular flexibility index (Phi) is 5.19. The van der Waals surface area contributed by atoms with Crippen LogP contribution in [0.1, 0.15) is 16.1 Å². The lowest BCUT2D eigenvalue weighted by molar-refractivity contribution is -0.122. The second kappa shape index (κ2) is 7.37. The molecule has 130 valence electrons. The number of rotatable bonds is 4. The van der Waals surface area contributed by atoms with Crippen LogP contribution in [0.4, 0.5) is 11.4 Å². The van der Waals surface area contributed by atoms with Crippen molar-refractivity contribution in [2.45, 2.75) is 6.42 Å². The Morgan fingerprint density at radius 1 is 1.32 bits per heavy atom. The lowest BCUT2D eigenvalue weighted by Gasteiger charge is -2.18. The number of halogens is 1. The van der Waals surface area contributed by atoms with E-state index in [1.807, 2.05) is 24.3 Å². The zero-order valence-corrected chi connectivity index (χ0v) is 15.7. The van der Waals surface area contributed by atoms with Crippen LogP contribution in [0.3, 0.4) is 0 Å². The van der Waals surface area contributed by atoms with Gasteiger partial charge in [0.2, 0.25) is 11.8 Å². The van der Waals surface area contributed by atoms with E-state index in [1.165, 1.54) is 18.4 Å². The Bertz CT molecular complexity index is 836. The molecule has 1 aromatic heterocycles. The van der Waals surface area contributed by atoms with Crippen molar-refractivity contribution >= 4 is 56.4 Å². The molecule has 0 saturated carbocycles. The van der Waals surface area contributed by atoms with Gasteiger partial charge in [-0.1, -0.05) is 12.1 Å². The van der Waals surface area contributed by atoms with E-state index >= 15 is 0 Å². The summed E-state index contributed by atoms with van der Waals surface area (Å²) in [5.41, 5.74) is 1.15. The van der Waals surface area contributed by atoms with Crippen molar-refractivity contribution in [1.82, 2.24) is 0 Å². The molecule has 25 heavy (non-hydrogen) atoms. The van der Waals surface area contributed by atoms with E-state index in [0.717, 1.165) is 10.2 Å². The number of carbonyl (C=O) groups excluding carboxylic acids is 3. The maximum Gasteiger partial charge on any atom is 0.350 e. The molecule has 1 N–H and O–H groups in total. The first-order chi connectivity index (χ1) is 12.0. The zero-order chi connectivity index (χ0) is 18.0.